The number of nitrogens with one attached hydrogen (secondary N) is 1. The van der Waals surface area contributed by atoms with Gasteiger partial charge in [0.05, 0.1) is 23.5 Å². The molecule has 0 radical (unpaired) electrons. The first-order valence-electron chi connectivity index (χ1n) is 6.20. The minimum atomic E-state index is -1.08. The molecule has 1 aromatic carbocycles. The Morgan fingerprint density at radius 2 is 2.00 bits per heavy atom. The summed E-state index contributed by atoms with van der Waals surface area (Å²) < 4.78 is 0. The lowest BCUT2D eigenvalue weighted by Gasteiger charge is -2.19. The number of hydrogen-bond donors (Lipinski definition) is 2. The van der Waals surface area contributed by atoms with Crippen molar-refractivity contribution in [2.75, 3.05) is 11.9 Å². The molecule has 21 heavy (non-hydrogen) atoms. The van der Waals surface area contributed by atoms with Crippen LogP contribution in [0.25, 0.3) is 0 Å². The molecule has 0 saturated carbocycles. The molecule has 0 saturated heterocycles. The number of carboxylic acid groups (broad SMARTS) is 1. The number of benzene rings is 1. The Balaban J connectivity index is 2.08. The number of aromatic carboxylic acids is 1. The number of rotatable bonds is 4. The van der Waals surface area contributed by atoms with Gasteiger partial charge in [-0.2, -0.15) is 10.2 Å². The van der Waals surface area contributed by atoms with Crippen LogP contribution in [0, 0.1) is 0 Å². The van der Waals surface area contributed by atoms with Crippen molar-refractivity contribution in [1.29, 1.82) is 0 Å². The average molecular weight is 286 g/mol. The Morgan fingerprint density at radius 1 is 1.24 bits per heavy atom. The van der Waals surface area contributed by atoms with Crippen LogP contribution in [0.1, 0.15) is 16.1 Å². The fourth-order valence-electron chi connectivity index (χ4n) is 1.77. The van der Waals surface area contributed by atoms with Gasteiger partial charge in [0, 0.05) is 13.2 Å². The molecule has 0 fully saturated rings. The number of aromatic nitrogens is 2. The van der Waals surface area contributed by atoms with Gasteiger partial charge in [-0.3, -0.25) is 4.90 Å². The second-order valence-corrected chi connectivity index (χ2v) is 4.26. The molecule has 7 nitrogen and oxygen atoms in total. The van der Waals surface area contributed by atoms with Crippen LogP contribution >= 0.6 is 0 Å². The van der Waals surface area contributed by atoms with E-state index in [9.17, 15) is 9.59 Å². The minimum Gasteiger partial charge on any atom is -0.478 e. The van der Waals surface area contributed by atoms with Crippen molar-refractivity contribution >= 4 is 17.7 Å². The third-order valence-corrected chi connectivity index (χ3v) is 2.85. The molecular weight excluding hydrogens is 272 g/mol. The number of amides is 2. The van der Waals surface area contributed by atoms with Crippen molar-refractivity contribution in [2.24, 2.45) is 0 Å². The maximum atomic E-state index is 12.1. The maximum absolute atomic E-state index is 12.1. The highest BCUT2D eigenvalue weighted by atomic mass is 16.4. The van der Waals surface area contributed by atoms with Crippen LogP contribution in [0.3, 0.4) is 0 Å². The van der Waals surface area contributed by atoms with Gasteiger partial charge in [-0.15, -0.1) is 0 Å². The molecular formula is C14H14N4O3. The van der Waals surface area contributed by atoms with Gasteiger partial charge in [0.15, 0.2) is 0 Å². The van der Waals surface area contributed by atoms with Crippen molar-refractivity contribution < 1.29 is 14.7 Å². The molecule has 2 aromatic rings. The predicted octanol–water partition coefficient (Wildman–Crippen LogP) is 1.52. The molecule has 2 amide bonds. The summed E-state index contributed by atoms with van der Waals surface area (Å²) in [6.07, 6.45) is 1.54. The van der Waals surface area contributed by atoms with Crippen molar-refractivity contribution in [3.63, 3.8) is 0 Å². The summed E-state index contributed by atoms with van der Waals surface area (Å²) in [7, 11) is 1.51. The third-order valence-electron chi connectivity index (χ3n) is 2.85. The number of carbonyl (C=O) groups is 2. The zero-order valence-corrected chi connectivity index (χ0v) is 11.4. The van der Waals surface area contributed by atoms with E-state index in [1.54, 1.807) is 36.5 Å². The normalized spacial score (nSPS) is 9.95. The molecule has 1 aromatic heterocycles. The molecule has 0 aliphatic rings. The summed E-state index contributed by atoms with van der Waals surface area (Å²) in [6.45, 7) is 0.215. The lowest BCUT2D eigenvalue weighted by atomic mass is 10.1. The van der Waals surface area contributed by atoms with Crippen LogP contribution in [-0.4, -0.2) is 34.4 Å². The molecule has 108 valence electrons. The Bertz CT molecular complexity index is 646. The number of carbonyl (C=O) groups excluding carboxylic acids is 1. The molecule has 0 aliphatic heterocycles. The van der Waals surface area contributed by atoms with E-state index in [0.29, 0.717) is 11.4 Å². The molecule has 0 bridgehead atoms. The van der Waals surface area contributed by atoms with E-state index >= 15 is 0 Å². The second-order valence-electron chi connectivity index (χ2n) is 4.26. The van der Waals surface area contributed by atoms with Crippen molar-refractivity contribution in [3.05, 3.63) is 53.9 Å². The number of nitrogens with zero attached hydrogens (tertiary/aromatic N) is 3. The highest BCUT2D eigenvalue weighted by molar-refractivity contribution is 6.01. The van der Waals surface area contributed by atoms with Gasteiger partial charge < -0.3 is 10.4 Å². The quantitative estimate of drug-likeness (QED) is 0.888. The van der Waals surface area contributed by atoms with Gasteiger partial charge in [0.2, 0.25) is 0 Å². The molecule has 1 heterocycles. The zero-order chi connectivity index (χ0) is 15.2. The molecule has 7 heteroatoms. The van der Waals surface area contributed by atoms with Crippen LogP contribution in [0.5, 0.6) is 0 Å². The fourth-order valence-corrected chi connectivity index (χ4v) is 1.77. The number of carboxylic acids is 1. The van der Waals surface area contributed by atoms with Crippen LogP contribution < -0.4 is 10.2 Å². The molecule has 0 spiro atoms. The topological polar surface area (TPSA) is 95.4 Å². The van der Waals surface area contributed by atoms with Gasteiger partial charge in [0.1, 0.15) is 0 Å². The molecule has 0 unspecified atom stereocenters. The Labute approximate surface area is 121 Å². The van der Waals surface area contributed by atoms with Crippen LogP contribution in [0.2, 0.25) is 0 Å². The van der Waals surface area contributed by atoms with Crippen LogP contribution in [0.15, 0.2) is 42.6 Å². The van der Waals surface area contributed by atoms with Gasteiger partial charge in [-0.05, 0) is 24.3 Å². The first kappa shape index (κ1) is 14.4. The van der Waals surface area contributed by atoms with Crippen LogP contribution in [0.4, 0.5) is 10.5 Å². The Morgan fingerprint density at radius 3 is 2.67 bits per heavy atom. The van der Waals surface area contributed by atoms with Gasteiger partial charge in [0.25, 0.3) is 0 Å². The first-order valence-corrected chi connectivity index (χ1v) is 6.20. The van der Waals surface area contributed by atoms with E-state index < -0.39 is 12.0 Å². The van der Waals surface area contributed by atoms with Crippen LogP contribution in [-0.2, 0) is 6.54 Å². The van der Waals surface area contributed by atoms with E-state index in [1.807, 2.05) is 0 Å². The number of hydrogen-bond acceptors (Lipinski definition) is 4. The fraction of sp³-hybridized carbons (Fsp3) is 0.143. The summed E-state index contributed by atoms with van der Waals surface area (Å²) >= 11 is 0. The number of para-hydroxylation sites is 1. The SMILES string of the molecule is CN(C(=O)NCc1cccnn1)c1ccccc1C(=O)O. The summed E-state index contributed by atoms with van der Waals surface area (Å²) in [5.74, 6) is -1.08. The predicted molar refractivity (Wildman–Crippen MR) is 76.1 cm³/mol. The Kier molecular flexibility index (Phi) is 4.45. The number of urea groups is 1. The zero-order valence-electron chi connectivity index (χ0n) is 11.4. The highest BCUT2D eigenvalue weighted by Gasteiger charge is 2.17. The Hall–Kier alpha value is -2.96. The molecule has 2 rings (SSSR count). The second kappa shape index (κ2) is 6.47. The molecule has 0 aliphatic carbocycles. The lowest BCUT2D eigenvalue weighted by Crippen LogP contribution is -2.37. The summed E-state index contributed by atoms with van der Waals surface area (Å²) in [4.78, 5) is 24.5. The van der Waals surface area contributed by atoms with E-state index in [4.69, 9.17) is 5.11 Å². The highest BCUT2D eigenvalue weighted by Crippen LogP contribution is 2.19. The van der Waals surface area contributed by atoms with Crippen molar-refractivity contribution in [1.82, 2.24) is 15.5 Å². The number of anilines is 1. The van der Waals surface area contributed by atoms with Gasteiger partial charge in [-0.25, -0.2) is 9.59 Å². The van der Waals surface area contributed by atoms with E-state index in [2.05, 4.69) is 15.5 Å². The first-order chi connectivity index (χ1) is 10.1. The van der Waals surface area contributed by atoms with Gasteiger partial charge in [-0.1, -0.05) is 12.1 Å². The van der Waals surface area contributed by atoms with Gasteiger partial charge >= 0.3 is 12.0 Å². The van der Waals surface area contributed by atoms with E-state index in [0.717, 1.165) is 0 Å². The van der Waals surface area contributed by atoms with E-state index in [-0.39, 0.29) is 12.1 Å². The summed E-state index contributed by atoms with van der Waals surface area (Å²) in [5, 5.41) is 19.3. The third kappa shape index (κ3) is 3.53. The maximum Gasteiger partial charge on any atom is 0.337 e. The molecule has 0 atom stereocenters. The standard InChI is InChI=1S/C14H14N4O3/c1-18(12-7-3-2-6-11(12)13(19)20)14(21)15-9-10-5-4-8-16-17-10/h2-8H,9H2,1H3,(H,15,21)(H,19,20). The average Bonchev–Trinajstić information content (AvgIpc) is 2.52. The summed E-state index contributed by atoms with van der Waals surface area (Å²) in [6, 6.07) is 9.34. The monoisotopic (exact) mass is 286 g/mol. The van der Waals surface area contributed by atoms with E-state index in [1.165, 1.54) is 18.0 Å². The summed E-state index contributed by atoms with van der Waals surface area (Å²) in [5.41, 5.74) is 1.00. The largest absolute Gasteiger partial charge is 0.478 e. The van der Waals surface area contributed by atoms with Crippen molar-refractivity contribution in [2.45, 2.75) is 6.54 Å². The van der Waals surface area contributed by atoms with Crippen molar-refractivity contribution in [3.8, 4) is 0 Å². The molecule has 2 N–H and O–H groups in total. The smallest absolute Gasteiger partial charge is 0.337 e. The minimum absolute atomic E-state index is 0.0645. The lowest BCUT2D eigenvalue weighted by molar-refractivity contribution is 0.0697.